The van der Waals surface area contributed by atoms with Gasteiger partial charge in [-0.25, -0.2) is 19.9 Å². The highest BCUT2D eigenvalue weighted by Crippen LogP contribution is 2.46. The Kier molecular flexibility index (Phi) is 20.6. The van der Waals surface area contributed by atoms with Crippen LogP contribution in [0.2, 0.25) is 0 Å². The van der Waals surface area contributed by atoms with Gasteiger partial charge in [0.05, 0.1) is 106 Å². The van der Waals surface area contributed by atoms with Gasteiger partial charge in [-0.05, 0) is 279 Å². The largest absolute Gasteiger partial charge is 0.309 e. The molecule has 14 heteroatoms. The van der Waals surface area contributed by atoms with Crippen LogP contribution in [0.1, 0.15) is 0 Å². The standard InChI is InChI=1S/C50H32N6.C43H27N5.C43H27N3/c1-2-11-37(12-3-1)55-46-16-5-4-13-39(46)40-29-34(20-24-47(40)55)35-21-25-48-41(30-35)50-49(17-10-28-53-50)56(48)38-22-18-33(19-23-38)36-31-44(42-14-6-8-26-51-42)54-45(32-36)43-15-7-9-27-52-43;1-3-12-28(13-4-1)41-33-17-7-9-18-36(33)45-43(46-41)48-39-24-22-30(27-35(39)42-40(48)20-11-25-44-42)29-21-23-38-34(26-29)32-16-8-10-19-37(32)47(38)31-14-5-2-6-15-31;1-2-11-32(12-3-1)46-41-17-9-7-15-37(41)39-26-31(27-44-43(39)46)29-20-23-42-38(25-29)36-14-6-8-16-40(36)45(42)33-21-22-35-30(24-33)19-18-28-10-4-5-13-34(28)35/h1-32H;1-27H;1-27H. The van der Waals surface area contributed by atoms with Crippen molar-refractivity contribution < 1.29 is 0 Å². The maximum absolute atomic E-state index is 5.21. The molecule has 31 aromatic rings. The summed E-state index contributed by atoms with van der Waals surface area (Å²) in [6.45, 7) is 0. The highest BCUT2D eigenvalue weighted by atomic mass is 15.2. The van der Waals surface area contributed by atoms with Crippen LogP contribution in [0, 0.1) is 0 Å². The summed E-state index contributed by atoms with van der Waals surface area (Å²) in [7, 11) is 0. The molecule has 0 fully saturated rings. The van der Waals surface area contributed by atoms with Gasteiger partial charge in [-0.1, -0.05) is 273 Å². The van der Waals surface area contributed by atoms with Crippen LogP contribution in [0.4, 0.5) is 0 Å². The van der Waals surface area contributed by atoms with E-state index in [1.807, 2.05) is 85.3 Å². The number of benzene rings is 18. The molecule has 150 heavy (non-hydrogen) atoms. The van der Waals surface area contributed by atoms with E-state index in [-0.39, 0.29) is 0 Å². The molecule has 18 aromatic carbocycles. The summed E-state index contributed by atoms with van der Waals surface area (Å²) in [6, 6.07) is 174. The molecule has 0 spiro atoms. The lowest BCUT2D eigenvalue weighted by atomic mass is 10.0. The van der Waals surface area contributed by atoms with Crippen molar-refractivity contribution in [3.8, 4) is 113 Å². The smallest absolute Gasteiger partial charge is 0.235 e. The zero-order chi connectivity index (χ0) is 98.8. The third-order valence-corrected chi connectivity index (χ3v) is 29.6. The third kappa shape index (κ3) is 14.6. The Labute approximate surface area is 860 Å². The van der Waals surface area contributed by atoms with E-state index in [0.717, 1.165) is 167 Å². The van der Waals surface area contributed by atoms with Crippen LogP contribution in [0.15, 0.2) is 522 Å². The van der Waals surface area contributed by atoms with Crippen LogP contribution in [-0.2, 0) is 0 Å². The van der Waals surface area contributed by atoms with Crippen molar-refractivity contribution in [3.05, 3.63) is 522 Å². The molecule has 0 atom stereocenters. The predicted molar refractivity (Wildman–Crippen MR) is 618 cm³/mol. The van der Waals surface area contributed by atoms with Gasteiger partial charge in [0.25, 0.3) is 0 Å². The highest BCUT2D eigenvalue weighted by Gasteiger charge is 2.26. The van der Waals surface area contributed by atoms with Gasteiger partial charge >= 0.3 is 0 Å². The Morgan fingerprint density at radius 2 is 0.513 bits per heavy atom. The molecule has 13 aromatic heterocycles. The van der Waals surface area contributed by atoms with Crippen LogP contribution < -0.4 is 0 Å². The van der Waals surface area contributed by atoms with Crippen molar-refractivity contribution in [2.45, 2.75) is 0 Å². The van der Waals surface area contributed by atoms with Gasteiger partial charge in [0, 0.05) is 130 Å². The van der Waals surface area contributed by atoms with Crippen LogP contribution in [0.5, 0.6) is 0 Å². The van der Waals surface area contributed by atoms with Gasteiger partial charge < -0.3 is 18.3 Å². The van der Waals surface area contributed by atoms with Gasteiger partial charge in [0.2, 0.25) is 5.95 Å². The number of nitrogens with zero attached hydrogens (tertiary/aromatic N) is 14. The van der Waals surface area contributed by atoms with Crippen molar-refractivity contribution in [1.29, 1.82) is 0 Å². The summed E-state index contributed by atoms with van der Waals surface area (Å²) in [5.74, 6) is 0.628. The lowest BCUT2D eigenvalue weighted by Gasteiger charge is -2.12. The van der Waals surface area contributed by atoms with Crippen molar-refractivity contribution >= 4 is 164 Å². The summed E-state index contributed by atoms with van der Waals surface area (Å²) in [4.78, 5) is 39.3. The van der Waals surface area contributed by atoms with Gasteiger partial charge in [-0.15, -0.1) is 0 Å². The van der Waals surface area contributed by atoms with E-state index in [0.29, 0.717) is 5.95 Å². The molecule has 0 unspecified atom stereocenters. The SMILES string of the molecule is c1ccc(-c2nc(-n3c4ccc(-c5ccc6c(c5)c5ccccc5n6-c5ccccc5)cc4c4ncccc43)nc3ccccc23)cc1.c1ccc(-n2c3ccccc3c3cc(-c4ccc5c(c4)c4ccccc4n5-c4ccc5c(ccc6ccccc65)c4)cnc32)cc1.c1ccc(-n2c3ccccc3c3cc(-c4ccc5c(c4)c4ncccc4n5-c4ccc(-c5cc(-c6ccccn6)nc(-c6ccccn6)c5)cc4)ccc32)cc1. The Balaban J connectivity index is 0.000000106. The highest BCUT2D eigenvalue weighted by molar-refractivity contribution is 6.17. The minimum atomic E-state index is 0.628. The normalized spacial score (nSPS) is 11.7. The van der Waals surface area contributed by atoms with Crippen molar-refractivity contribution in [2.24, 2.45) is 0 Å². The van der Waals surface area contributed by atoms with Gasteiger partial charge in [-0.3, -0.25) is 29.1 Å². The molecule has 0 bridgehead atoms. The Morgan fingerprint density at radius 3 is 1.04 bits per heavy atom. The molecular weight excluding hydrogens is 1830 g/mol. The predicted octanol–water partition coefficient (Wildman–Crippen LogP) is 33.9. The second-order valence-electron chi connectivity index (χ2n) is 38.1. The molecule has 0 amide bonds. The van der Waals surface area contributed by atoms with Crippen molar-refractivity contribution in [2.75, 3.05) is 0 Å². The zero-order valence-electron chi connectivity index (χ0n) is 80.9. The van der Waals surface area contributed by atoms with Crippen LogP contribution in [0.3, 0.4) is 0 Å². The monoisotopic (exact) mass is 1910 g/mol. The minimum absolute atomic E-state index is 0.628. The number of rotatable bonds is 13. The Bertz CT molecular complexity index is 10700. The van der Waals surface area contributed by atoms with E-state index in [9.17, 15) is 0 Å². The summed E-state index contributed by atoms with van der Waals surface area (Å²) in [6.07, 6.45) is 9.36. The molecule has 14 nitrogen and oxygen atoms in total. The quantitative estimate of drug-likeness (QED) is 0.104. The first-order valence-electron chi connectivity index (χ1n) is 50.6. The Hall–Kier alpha value is -20.5. The second kappa shape index (κ2) is 35.8. The van der Waals surface area contributed by atoms with E-state index in [1.165, 1.54) is 104 Å². The fourth-order valence-corrected chi connectivity index (χ4v) is 22.7. The fraction of sp³-hybridized carbons (Fsp3) is 0. The first-order valence-corrected chi connectivity index (χ1v) is 50.6. The molecule has 700 valence electrons. The zero-order valence-corrected chi connectivity index (χ0v) is 80.9. The van der Waals surface area contributed by atoms with Gasteiger partial charge in [0.1, 0.15) is 5.65 Å². The molecule has 0 radical (unpaired) electrons. The summed E-state index contributed by atoms with van der Waals surface area (Å²) in [5.41, 5.74) is 36.2. The van der Waals surface area contributed by atoms with E-state index in [2.05, 4.69) is 462 Å². The number of fused-ring (bicyclic) bond motifs is 22. The van der Waals surface area contributed by atoms with Crippen molar-refractivity contribution in [3.63, 3.8) is 0 Å². The molecular formula is C136H86N14. The number of para-hydroxylation sites is 8. The van der Waals surface area contributed by atoms with E-state index in [4.69, 9.17) is 29.9 Å². The van der Waals surface area contributed by atoms with E-state index < -0.39 is 0 Å². The summed E-state index contributed by atoms with van der Waals surface area (Å²) < 4.78 is 13.8. The number of hydrogen-bond donors (Lipinski definition) is 0. The van der Waals surface area contributed by atoms with Gasteiger partial charge in [0.15, 0.2) is 0 Å². The van der Waals surface area contributed by atoms with Crippen LogP contribution in [-0.4, -0.2) is 67.3 Å². The number of hydrogen-bond acceptors (Lipinski definition) is 8. The summed E-state index contributed by atoms with van der Waals surface area (Å²) in [5, 5.41) is 18.1. The first kappa shape index (κ1) is 86.2. The average molecular weight is 1920 g/mol. The lowest BCUT2D eigenvalue weighted by Crippen LogP contribution is -2.03. The number of pyridine rings is 6. The van der Waals surface area contributed by atoms with Crippen LogP contribution >= 0.6 is 0 Å². The lowest BCUT2D eigenvalue weighted by molar-refractivity contribution is 1.01. The third-order valence-electron chi connectivity index (χ3n) is 29.6. The van der Waals surface area contributed by atoms with Crippen molar-refractivity contribution in [1.82, 2.24) is 67.3 Å². The molecule has 13 heterocycles. The van der Waals surface area contributed by atoms with E-state index in [1.54, 1.807) is 12.4 Å². The molecule has 31 rings (SSSR count). The summed E-state index contributed by atoms with van der Waals surface area (Å²) >= 11 is 0. The average Bonchev–Trinajstić information content (AvgIpc) is 1.60. The number of aromatic nitrogens is 14. The van der Waals surface area contributed by atoms with E-state index >= 15 is 0 Å². The maximum Gasteiger partial charge on any atom is 0.235 e. The molecule has 0 aliphatic heterocycles. The Morgan fingerprint density at radius 1 is 0.153 bits per heavy atom. The first-order chi connectivity index (χ1) is 74.4. The maximum atomic E-state index is 5.21. The second-order valence-corrected chi connectivity index (χ2v) is 38.1. The minimum Gasteiger partial charge on any atom is -0.309 e. The fourth-order valence-electron chi connectivity index (χ4n) is 22.7. The molecule has 0 saturated carbocycles. The molecule has 0 N–H and O–H groups in total. The molecule has 0 aliphatic rings. The molecule has 0 aliphatic carbocycles. The topological polar surface area (TPSA) is 133 Å². The molecule has 0 saturated heterocycles. The van der Waals surface area contributed by atoms with Gasteiger partial charge in [-0.2, -0.15) is 0 Å². The van der Waals surface area contributed by atoms with Crippen LogP contribution in [0.25, 0.3) is 277 Å².